The van der Waals surface area contributed by atoms with Crippen molar-refractivity contribution in [3.05, 3.63) is 0 Å². The van der Waals surface area contributed by atoms with E-state index in [2.05, 4.69) is 0 Å². The van der Waals surface area contributed by atoms with E-state index in [1.807, 2.05) is 6.92 Å². The Morgan fingerprint density at radius 1 is 1.57 bits per heavy atom. The molecule has 1 saturated carbocycles. The van der Waals surface area contributed by atoms with Crippen LogP contribution < -0.4 is 0 Å². The maximum Gasteiger partial charge on any atom is 0.329 e. The molecule has 2 atom stereocenters. The van der Waals surface area contributed by atoms with Gasteiger partial charge in [0.2, 0.25) is 6.41 Å². The summed E-state index contributed by atoms with van der Waals surface area (Å²) in [5.41, 5.74) is -0.972. The van der Waals surface area contributed by atoms with Crippen LogP contribution in [-0.2, 0) is 9.59 Å². The molecule has 0 aliphatic heterocycles. The molecule has 0 saturated heterocycles. The molecule has 1 rings (SSSR count). The summed E-state index contributed by atoms with van der Waals surface area (Å²) in [5.74, 6) is -0.844. The Hall–Kier alpha value is -1.06. The van der Waals surface area contributed by atoms with E-state index in [0.717, 1.165) is 19.3 Å². The van der Waals surface area contributed by atoms with Crippen LogP contribution in [0.5, 0.6) is 0 Å². The molecule has 0 bridgehead atoms. The lowest BCUT2D eigenvalue weighted by Gasteiger charge is -2.43. The molecule has 4 heteroatoms. The van der Waals surface area contributed by atoms with Gasteiger partial charge in [0.15, 0.2) is 0 Å². The Bertz CT molecular complexity index is 242. The highest BCUT2D eigenvalue weighted by molar-refractivity contribution is 5.82. The fourth-order valence-electron chi connectivity index (χ4n) is 2.42. The molecule has 80 valence electrons. The normalized spacial score (nSPS) is 32.3. The van der Waals surface area contributed by atoms with Crippen molar-refractivity contribution in [3.63, 3.8) is 0 Å². The average Bonchev–Trinajstić information content (AvgIpc) is 2.17. The molecule has 0 aromatic heterocycles. The molecule has 1 aliphatic carbocycles. The molecule has 1 fully saturated rings. The average molecular weight is 199 g/mol. The number of carboxylic acid groups (broad SMARTS) is 1. The van der Waals surface area contributed by atoms with Crippen molar-refractivity contribution in [1.29, 1.82) is 0 Å². The fourth-order valence-corrected chi connectivity index (χ4v) is 2.42. The molecule has 0 aromatic carbocycles. The topological polar surface area (TPSA) is 57.6 Å². The van der Waals surface area contributed by atoms with E-state index in [1.165, 1.54) is 4.90 Å². The van der Waals surface area contributed by atoms with Crippen molar-refractivity contribution in [2.24, 2.45) is 5.92 Å². The second-order valence-corrected chi connectivity index (χ2v) is 4.09. The third-order valence-corrected chi connectivity index (χ3v) is 3.42. The van der Waals surface area contributed by atoms with Crippen molar-refractivity contribution < 1.29 is 14.7 Å². The number of aliphatic carboxylic acids is 1. The zero-order valence-corrected chi connectivity index (χ0v) is 8.69. The third kappa shape index (κ3) is 1.49. The number of carboxylic acids is 1. The van der Waals surface area contributed by atoms with Gasteiger partial charge in [-0.3, -0.25) is 4.79 Å². The number of nitrogens with zero attached hydrogens (tertiary/aromatic N) is 1. The van der Waals surface area contributed by atoms with E-state index in [1.54, 1.807) is 7.05 Å². The molecule has 0 aromatic rings. The highest BCUT2D eigenvalue weighted by atomic mass is 16.4. The number of hydrogen-bond donors (Lipinski definition) is 1. The van der Waals surface area contributed by atoms with Gasteiger partial charge in [0, 0.05) is 7.05 Å². The van der Waals surface area contributed by atoms with Crippen LogP contribution in [-0.4, -0.2) is 35.0 Å². The first-order valence-corrected chi connectivity index (χ1v) is 4.97. The predicted octanol–water partition coefficient (Wildman–Crippen LogP) is 1.11. The van der Waals surface area contributed by atoms with Crippen LogP contribution in [0.3, 0.4) is 0 Å². The molecule has 0 heterocycles. The lowest BCUT2D eigenvalue weighted by molar-refractivity contribution is -0.160. The summed E-state index contributed by atoms with van der Waals surface area (Å²) in [7, 11) is 1.56. The number of hydrogen-bond acceptors (Lipinski definition) is 2. The Balaban J connectivity index is 3.00. The van der Waals surface area contributed by atoms with Gasteiger partial charge in [-0.25, -0.2) is 4.79 Å². The predicted molar refractivity (Wildman–Crippen MR) is 51.8 cm³/mol. The van der Waals surface area contributed by atoms with Crippen molar-refractivity contribution >= 4 is 12.4 Å². The van der Waals surface area contributed by atoms with Crippen molar-refractivity contribution in [2.75, 3.05) is 7.05 Å². The van der Waals surface area contributed by atoms with Crippen molar-refractivity contribution in [2.45, 2.75) is 38.1 Å². The van der Waals surface area contributed by atoms with E-state index >= 15 is 0 Å². The smallest absolute Gasteiger partial charge is 0.329 e. The first kappa shape index (κ1) is 11.0. The van der Waals surface area contributed by atoms with E-state index in [4.69, 9.17) is 0 Å². The minimum atomic E-state index is -0.972. The quantitative estimate of drug-likeness (QED) is 0.693. The molecule has 1 N–H and O–H groups in total. The Kier molecular flexibility index (Phi) is 3.13. The molecular formula is C10H17NO3. The molecule has 1 aliphatic rings. The summed E-state index contributed by atoms with van der Waals surface area (Å²) in [6.45, 7) is 1.91. The zero-order chi connectivity index (χ0) is 10.8. The fraction of sp³-hybridized carbons (Fsp3) is 0.800. The van der Waals surface area contributed by atoms with E-state index < -0.39 is 11.5 Å². The molecule has 14 heavy (non-hydrogen) atoms. The molecular weight excluding hydrogens is 182 g/mol. The Morgan fingerprint density at radius 3 is 2.64 bits per heavy atom. The number of rotatable bonds is 3. The summed E-state index contributed by atoms with van der Waals surface area (Å²) in [6.07, 6.45) is 4.01. The van der Waals surface area contributed by atoms with Crippen molar-refractivity contribution in [1.82, 2.24) is 4.90 Å². The lowest BCUT2D eigenvalue weighted by Crippen LogP contribution is -2.58. The summed E-state index contributed by atoms with van der Waals surface area (Å²) in [6, 6.07) is 0. The van der Waals surface area contributed by atoms with Gasteiger partial charge >= 0.3 is 5.97 Å². The lowest BCUT2D eigenvalue weighted by atomic mass is 9.73. The molecule has 4 nitrogen and oxygen atoms in total. The van der Waals surface area contributed by atoms with Crippen LogP contribution in [0.4, 0.5) is 0 Å². The summed E-state index contributed by atoms with van der Waals surface area (Å²) < 4.78 is 0. The van der Waals surface area contributed by atoms with Gasteiger partial charge in [-0.1, -0.05) is 19.8 Å². The van der Waals surface area contributed by atoms with Gasteiger partial charge in [0.1, 0.15) is 5.54 Å². The minimum absolute atomic E-state index is 0.0314. The SMILES string of the molecule is CC1CCCCC1(C(=O)O)N(C)C=O. The number of likely N-dealkylation sites (N-methyl/N-ethyl adjacent to an activating group) is 1. The van der Waals surface area contributed by atoms with Gasteiger partial charge in [0.25, 0.3) is 0 Å². The largest absolute Gasteiger partial charge is 0.479 e. The number of carbonyl (C=O) groups excluding carboxylic acids is 1. The Morgan fingerprint density at radius 2 is 2.21 bits per heavy atom. The van der Waals surface area contributed by atoms with Gasteiger partial charge in [0.05, 0.1) is 0 Å². The highest BCUT2D eigenvalue weighted by Gasteiger charge is 2.48. The van der Waals surface area contributed by atoms with Crippen LogP contribution in [0.2, 0.25) is 0 Å². The van der Waals surface area contributed by atoms with Crippen molar-refractivity contribution in [3.8, 4) is 0 Å². The monoisotopic (exact) mass is 199 g/mol. The second kappa shape index (κ2) is 3.98. The maximum absolute atomic E-state index is 11.3. The molecule has 1 amide bonds. The molecule has 2 unspecified atom stereocenters. The first-order valence-electron chi connectivity index (χ1n) is 4.97. The molecule has 0 radical (unpaired) electrons. The summed E-state index contributed by atoms with van der Waals surface area (Å²) >= 11 is 0. The van der Waals surface area contributed by atoms with Crippen LogP contribution in [0.25, 0.3) is 0 Å². The third-order valence-electron chi connectivity index (χ3n) is 3.42. The Labute approximate surface area is 83.9 Å². The van der Waals surface area contributed by atoms with Gasteiger partial charge in [-0.15, -0.1) is 0 Å². The number of carbonyl (C=O) groups is 2. The zero-order valence-electron chi connectivity index (χ0n) is 8.69. The first-order chi connectivity index (χ1) is 6.55. The second-order valence-electron chi connectivity index (χ2n) is 4.09. The molecule has 0 spiro atoms. The van der Waals surface area contributed by atoms with Crippen LogP contribution >= 0.6 is 0 Å². The van der Waals surface area contributed by atoms with E-state index in [9.17, 15) is 14.7 Å². The van der Waals surface area contributed by atoms with Gasteiger partial charge in [-0.05, 0) is 18.8 Å². The van der Waals surface area contributed by atoms with Gasteiger partial charge in [-0.2, -0.15) is 0 Å². The number of amides is 1. The van der Waals surface area contributed by atoms with E-state index in [-0.39, 0.29) is 5.92 Å². The summed E-state index contributed by atoms with van der Waals surface area (Å²) in [4.78, 5) is 23.3. The highest BCUT2D eigenvalue weighted by Crippen LogP contribution is 2.37. The van der Waals surface area contributed by atoms with Crippen LogP contribution in [0.15, 0.2) is 0 Å². The maximum atomic E-state index is 11.3. The summed E-state index contributed by atoms with van der Waals surface area (Å²) in [5, 5.41) is 9.26. The van der Waals surface area contributed by atoms with Gasteiger partial charge < -0.3 is 10.0 Å². The minimum Gasteiger partial charge on any atom is -0.479 e. The van der Waals surface area contributed by atoms with Crippen LogP contribution in [0.1, 0.15) is 32.6 Å². The standard InChI is InChI=1S/C10H17NO3/c1-8-5-3-4-6-10(8,9(13)14)11(2)7-12/h7-8H,3-6H2,1-2H3,(H,13,14). The van der Waals surface area contributed by atoms with E-state index in [0.29, 0.717) is 12.8 Å². The van der Waals surface area contributed by atoms with Crippen LogP contribution in [0, 0.1) is 5.92 Å².